The highest BCUT2D eigenvalue weighted by molar-refractivity contribution is 5.74. The van der Waals surface area contributed by atoms with Crippen molar-refractivity contribution >= 4 is 5.97 Å². The molecule has 2 aromatic carbocycles. The first-order chi connectivity index (χ1) is 19.1. The number of benzene rings is 2. The van der Waals surface area contributed by atoms with Crippen LogP contribution in [0.4, 0.5) is 4.39 Å². The monoisotopic (exact) mass is 531 g/mol. The number of hydrogen-bond acceptors (Lipinski definition) is 5. The van der Waals surface area contributed by atoms with Gasteiger partial charge in [0.2, 0.25) is 0 Å². The minimum Gasteiger partial charge on any atom is -0.466 e. The molecule has 2 bridgehead atoms. The number of aromatic nitrogens is 2. The van der Waals surface area contributed by atoms with Crippen molar-refractivity contribution in [2.75, 3.05) is 6.61 Å². The number of carbonyl (C=O) groups excluding carboxylic acids is 1. The van der Waals surface area contributed by atoms with Crippen molar-refractivity contribution in [3.8, 4) is 5.69 Å². The topological polar surface area (TPSA) is 65.4 Å². The fraction of sp³-hybridized carbons (Fsp3) is 0.500. The number of ether oxygens (including phenoxy) is 1. The number of nitrogens with one attached hydrogen (secondary N) is 1. The third-order valence-corrected chi connectivity index (χ3v) is 9.07. The van der Waals surface area contributed by atoms with Crippen LogP contribution in [0.25, 0.3) is 5.69 Å². The number of hydroxylamine groups is 1. The molecule has 5 atom stereocenters. The SMILES string of the molecule is CCOC(=O)[C@H]1C2CCC(C2)[C@H]1NOCc1nn(-c2ccc(F)cc2)c2c1CCCC2CCc1ccccc1. The van der Waals surface area contributed by atoms with E-state index in [2.05, 4.69) is 35.8 Å². The van der Waals surface area contributed by atoms with E-state index < -0.39 is 0 Å². The van der Waals surface area contributed by atoms with Gasteiger partial charge in [-0.1, -0.05) is 30.3 Å². The number of fused-ring (bicyclic) bond motifs is 3. The zero-order valence-electron chi connectivity index (χ0n) is 22.7. The lowest BCUT2D eigenvalue weighted by Crippen LogP contribution is -2.44. The summed E-state index contributed by atoms with van der Waals surface area (Å²) in [5, 5.41) is 5.03. The molecule has 3 unspecified atom stereocenters. The molecular formula is C32H38FN3O3. The Morgan fingerprint density at radius 1 is 1.08 bits per heavy atom. The van der Waals surface area contributed by atoms with E-state index >= 15 is 0 Å². The van der Waals surface area contributed by atoms with Crippen LogP contribution in [-0.4, -0.2) is 28.4 Å². The summed E-state index contributed by atoms with van der Waals surface area (Å²) in [6.45, 7) is 2.59. The Balaban J connectivity index is 1.22. The van der Waals surface area contributed by atoms with E-state index in [4.69, 9.17) is 14.7 Å². The number of esters is 1. The van der Waals surface area contributed by atoms with Gasteiger partial charge in [-0.3, -0.25) is 9.63 Å². The molecule has 2 saturated carbocycles. The van der Waals surface area contributed by atoms with Gasteiger partial charge in [0.1, 0.15) is 12.4 Å². The average Bonchev–Trinajstić information content (AvgIpc) is 3.67. The van der Waals surface area contributed by atoms with Gasteiger partial charge in [0, 0.05) is 12.0 Å². The number of halogens is 1. The summed E-state index contributed by atoms with van der Waals surface area (Å²) in [5.74, 6) is 0.687. The quantitative estimate of drug-likeness (QED) is 0.254. The van der Waals surface area contributed by atoms with E-state index in [1.807, 2.05) is 11.6 Å². The molecule has 2 fully saturated rings. The Kier molecular flexibility index (Phi) is 7.80. The maximum Gasteiger partial charge on any atom is 0.310 e. The zero-order chi connectivity index (χ0) is 26.8. The first-order valence-electron chi connectivity index (χ1n) is 14.6. The van der Waals surface area contributed by atoms with Crippen LogP contribution in [0.5, 0.6) is 0 Å². The van der Waals surface area contributed by atoms with Crippen molar-refractivity contribution in [2.45, 2.75) is 76.9 Å². The van der Waals surface area contributed by atoms with E-state index in [9.17, 15) is 9.18 Å². The molecule has 0 saturated heterocycles. The Bertz CT molecular complexity index is 1280. The second-order valence-electron chi connectivity index (χ2n) is 11.4. The molecule has 7 heteroatoms. The first kappa shape index (κ1) is 26.2. The maximum atomic E-state index is 13.8. The predicted molar refractivity (Wildman–Crippen MR) is 147 cm³/mol. The van der Waals surface area contributed by atoms with Gasteiger partial charge in [0.05, 0.1) is 29.6 Å². The zero-order valence-corrected chi connectivity index (χ0v) is 22.7. The van der Waals surface area contributed by atoms with Gasteiger partial charge in [-0.25, -0.2) is 9.07 Å². The second kappa shape index (κ2) is 11.6. The van der Waals surface area contributed by atoms with Crippen LogP contribution in [0.2, 0.25) is 0 Å². The van der Waals surface area contributed by atoms with Crippen molar-refractivity contribution in [2.24, 2.45) is 17.8 Å². The highest BCUT2D eigenvalue weighted by atomic mass is 19.1. The fourth-order valence-electron chi connectivity index (χ4n) is 7.27. The van der Waals surface area contributed by atoms with Gasteiger partial charge in [-0.2, -0.15) is 10.6 Å². The molecule has 0 spiro atoms. The largest absolute Gasteiger partial charge is 0.466 e. The summed E-state index contributed by atoms with van der Waals surface area (Å²) in [6.07, 6.45) is 8.49. The van der Waals surface area contributed by atoms with Crippen LogP contribution in [-0.2, 0) is 33.8 Å². The fourth-order valence-corrected chi connectivity index (χ4v) is 7.27. The Hall–Kier alpha value is -3.03. The number of nitrogens with zero attached hydrogens (tertiary/aromatic N) is 2. The minimum absolute atomic E-state index is 0.0172. The lowest BCUT2D eigenvalue weighted by atomic mass is 9.83. The molecule has 39 heavy (non-hydrogen) atoms. The molecule has 3 aromatic rings. The van der Waals surface area contributed by atoms with Crippen molar-refractivity contribution in [1.29, 1.82) is 0 Å². The van der Waals surface area contributed by atoms with Crippen molar-refractivity contribution in [3.63, 3.8) is 0 Å². The van der Waals surface area contributed by atoms with Crippen LogP contribution in [0.3, 0.4) is 0 Å². The molecule has 1 N–H and O–H groups in total. The van der Waals surface area contributed by atoms with Crippen LogP contribution in [0.15, 0.2) is 54.6 Å². The first-order valence-corrected chi connectivity index (χ1v) is 14.6. The van der Waals surface area contributed by atoms with Gasteiger partial charge in [0.25, 0.3) is 0 Å². The number of hydrogen-bond donors (Lipinski definition) is 1. The number of rotatable bonds is 10. The summed E-state index contributed by atoms with van der Waals surface area (Å²) in [6, 6.07) is 17.2. The van der Waals surface area contributed by atoms with E-state index in [1.165, 1.54) is 29.0 Å². The lowest BCUT2D eigenvalue weighted by Gasteiger charge is -2.29. The predicted octanol–water partition coefficient (Wildman–Crippen LogP) is 6.06. The van der Waals surface area contributed by atoms with Crippen molar-refractivity contribution in [1.82, 2.24) is 15.3 Å². The van der Waals surface area contributed by atoms with Crippen LogP contribution >= 0.6 is 0 Å². The molecule has 0 radical (unpaired) electrons. The Morgan fingerprint density at radius 2 is 1.87 bits per heavy atom. The summed E-state index contributed by atoms with van der Waals surface area (Å²) in [5.41, 5.74) is 8.88. The van der Waals surface area contributed by atoms with Gasteiger partial charge in [0.15, 0.2) is 0 Å². The third-order valence-electron chi connectivity index (χ3n) is 9.07. The maximum absolute atomic E-state index is 13.8. The van der Waals surface area contributed by atoms with Crippen LogP contribution in [0, 0.1) is 23.6 Å². The molecule has 1 aromatic heterocycles. The molecule has 0 aliphatic heterocycles. The summed E-state index contributed by atoms with van der Waals surface area (Å²) >= 11 is 0. The van der Waals surface area contributed by atoms with E-state index in [-0.39, 0.29) is 23.7 Å². The molecule has 6 nitrogen and oxygen atoms in total. The normalized spacial score (nSPS) is 25.5. The minimum atomic E-state index is -0.254. The standard InChI is InChI=1S/C32H38FN3O3/c1-2-38-32(37)29-23-13-14-24(19-23)30(29)35-39-20-28-27-10-6-9-22(12-11-21-7-4-3-5-8-21)31(27)36(34-28)26-17-15-25(33)16-18-26/h3-5,7-8,15-18,22-24,29-30,35H,2,6,9-14,19-20H2,1H3/t22?,23?,24?,29-,30+/m0/s1. The van der Waals surface area contributed by atoms with Gasteiger partial charge in [-0.15, -0.1) is 0 Å². The van der Waals surface area contributed by atoms with E-state index in [0.717, 1.165) is 62.7 Å². The van der Waals surface area contributed by atoms with Gasteiger partial charge in [-0.05, 0) is 106 Å². The summed E-state index contributed by atoms with van der Waals surface area (Å²) in [7, 11) is 0. The Morgan fingerprint density at radius 3 is 2.67 bits per heavy atom. The Labute approximate surface area is 229 Å². The molecule has 1 heterocycles. The van der Waals surface area contributed by atoms with Crippen LogP contribution in [0.1, 0.15) is 73.9 Å². The molecule has 3 aliphatic rings. The lowest BCUT2D eigenvalue weighted by molar-refractivity contribution is -0.153. The molecule has 206 valence electrons. The molecule has 6 rings (SSSR count). The molecule has 3 aliphatic carbocycles. The number of aryl methyl sites for hydroxylation is 1. The van der Waals surface area contributed by atoms with E-state index in [0.29, 0.717) is 31.0 Å². The smallest absolute Gasteiger partial charge is 0.310 e. The second-order valence-corrected chi connectivity index (χ2v) is 11.4. The molecular weight excluding hydrogens is 493 g/mol. The van der Waals surface area contributed by atoms with Crippen LogP contribution < -0.4 is 5.48 Å². The van der Waals surface area contributed by atoms with E-state index in [1.54, 1.807) is 12.1 Å². The average molecular weight is 532 g/mol. The number of carbonyl (C=O) groups is 1. The van der Waals surface area contributed by atoms with Crippen molar-refractivity contribution in [3.05, 3.63) is 82.9 Å². The highest BCUT2D eigenvalue weighted by Gasteiger charge is 2.51. The highest BCUT2D eigenvalue weighted by Crippen LogP contribution is 2.49. The van der Waals surface area contributed by atoms with Crippen molar-refractivity contribution < 1.29 is 18.8 Å². The van der Waals surface area contributed by atoms with Gasteiger partial charge < -0.3 is 4.74 Å². The summed E-state index contributed by atoms with van der Waals surface area (Å²) in [4.78, 5) is 18.8. The third kappa shape index (κ3) is 5.39. The molecule has 0 amide bonds. The summed E-state index contributed by atoms with van der Waals surface area (Å²) < 4.78 is 21.2. The van der Waals surface area contributed by atoms with Gasteiger partial charge >= 0.3 is 5.97 Å².